The van der Waals surface area contributed by atoms with Crippen LogP contribution < -0.4 is 21.7 Å². The minimum atomic E-state index is -1.23. The summed E-state index contributed by atoms with van der Waals surface area (Å²) < 4.78 is 0. The van der Waals surface area contributed by atoms with Crippen LogP contribution in [-0.4, -0.2) is 70.4 Å². The maximum absolute atomic E-state index is 12.9. The van der Waals surface area contributed by atoms with Gasteiger partial charge < -0.3 is 31.9 Å². The maximum atomic E-state index is 12.9. The molecule has 0 aliphatic rings. The molecular weight excluding hydrogens is 400 g/mol. The predicted molar refractivity (Wildman–Crippen MR) is 111 cm³/mol. The zero-order valence-corrected chi connectivity index (χ0v) is 18.2. The number of aliphatic hydroxyl groups excluding tert-OH is 1. The first-order valence-electron chi connectivity index (χ1n) is 9.65. The van der Waals surface area contributed by atoms with Gasteiger partial charge in [0, 0.05) is 5.75 Å². The molecule has 6 unspecified atom stereocenters. The van der Waals surface area contributed by atoms with E-state index in [1.807, 2.05) is 13.8 Å². The summed E-state index contributed by atoms with van der Waals surface area (Å²) in [6.45, 7) is 6.61. The molecule has 0 rings (SSSR count). The Morgan fingerprint density at radius 3 is 1.66 bits per heavy atom. The molecule has 0 aromatic rings. The molecule has 6 atom stereocenters. The van der Waals surface area contributed by atoms with Crippen molar-refractivity contribution in [3.8, 4) is 0 Å². The average Bonchev–Trinajstić information content (AvgIpc) is 2.71. The van der Waals surface area contributed by atoms with E-state index in [9.17, 15) is 19.2 Å². The van der Waals surface area contributed by atoms with Gasteiger partial charge in [-0.1, -0.05) is 40.5 Å². The first kappa shape index (κ1) is 27.1. The van der Waals surface area contributed by atoms with Crippen molar-refractivity contribution in [3.63, 3.8) is 0 Å². The molecule has 0 saturated carbocycles. The lowest BCUT2D eigenvalue weighted by molar-refractivity contribution is -0.142. The van der Waals surface area contributed by atoms with Crippen LogP contribution in [0, 0.1) is 11.8 Å². The van der Waals surface area contributed by atoms with Crippen LogP contribution in [0.1, 0.15) is 40.5 Å². The van der Waals surface area contributed by atoms with E-state index >= 15 is 0 Å². The first-order valence-corrected chi connectivity index (χ1v) is 10.3. The third-order valence-electron chi connectivity index (χ3n) is 4.92. The van der Waals surface area contributed by atoms with Crippen LogP contribution in [0.2, 0.25) is 0 Å². The Kier molecular flexibility index (Phi) is 12.5. The Hall–Kier alpha value is -1.85. The van der Waals surface area contributed by atoms with Gasteiger partial charge in [-0.3, -0.25) is 14.4 Å². The summed E-state index contributed by atoms with van der Waals surface area (Å²) in [5, 5.41) is 25.7. The van der Waals surface area contributed by atoms with E-state index in [0.717, 1.165) is 0 Å². The van der Waals surface area contributed by atoms with E-state index < -0.39 is 54.5 Å². The largest absolute Gasteiger partial charge is 0.480 e. The highest BCUT2D eigenvalue weighted by molar-refractivity contribution is 7.80. The van der Waals surface area contributed by atoms with Gasteiger partial charge in [-0.2, -0.15) is 12.6 Å². The minimum Gasteiger partial charge on any atom is -0.480 e. The Bertz CT molecular complexity index is 577. The van der Waals surface area contributed by atoms with Crippen LogP contribution in [0.3, 0.4) is 0 Å². The number of hydrogen-bond donors (Lipinski definition) is 7. The van der Waals surface area contributed by atoms with Crippen molar-refractivity contribution in [2.24, 2.45) is 17.6 Å². The lowest BCUT2D eigenvalue weighted by atomic mass is 9.94. The fourth-order valence-corrected chi connectivity index (χ4v) is 2.68. The molecule has 7 N–H and O–H groups in total. The average molecular weight is 435 g/mol. The Balaban J connectivity index is 5.49. The number of aliphatic hydroxyl groups is 1. The van der Waals surface area contributed by atoms with E-state index in [0.29, 0.717) is 12.8 Å². The normalized spacial score (nSPS) is 17.2. The van der Waals surface area contributed by atoms with Gasteiger partial charge in [-0.15, -0.1) is 0 Å². The number of amides is 3. The summed E-state index contributed by atoms with van der Waals surface area (Å²) in [6, 6.07) is -4.33. The highest BCUT2D eigenvalue weighted by atomic mass is 32.1. The van der Waals surface area contributed by atoms with Gasteiger partial charge in [0.05, 0.1) is 6.61 Å². The van der Waals surface area contributed by atoms with E-state index in [1.54, 1.807) is 13.8 Å². The molecule has 0 aromatic carbocycles. The molecule has 0 aliphatic carbocycles. The number of rotatable bonds is 13. The van der Waals surface area contributed by atoms with Gasteiger partial charge in [-0.05, 0) is 11.8 Å². The maximum Gasteiger partial charge on any atom is 0.327 e. The van der Waals surface area contributed by atoms with Gasteiger partial charge in [0.25, 0.3) is 0 Å². The highest BCUT2D eigenvalue weighted by Gasteiger charge is 2.34. The molecule has 168 valence electrons. The molecule has 0 radical (unpaired) electrons. The van der Waals surface area contributed by atoms with E-state index in [2.05, 4.69) is 28.6 Å². The van der Waals surface area contributed by atoms with Crippen molar-refractivity contribution in [3.05, 3.63) is 0 Å². The smallest absolute Gasteiger partial charge is 0.327 e. The number of thiol groups is 1. The molecule has 0 saturated heterocycles. The van der Waals surface area contributed by atoms with E-state index in [-0.39, 0.29) is 17.6 Å². The van der Waals surface area contributed by atoms with Crippen molar-refractivity contribution in [2.75, 3.05) is 12.4 Å². The lowest BCUT2D eigenvalue weighted by Crippen LogP contribution is -2.60. The summed E-state index contributed by atoms with van der Waals surface area (Å²) in [5.41, 5.74) is 5.50. The predicted octanol–water partition coefficient (Wildman–Crippen LogP) is -1.13. The van der Waals surface area contributed by atoms with Crippen LogP contribution >= 0.6 is 12.6 Å². The molecule has 0 aliphatic heterocycles. The Morgan fingerprint density at radius 2 is 1.31 bits per heavy atom. The molecular formula is C18H34N4O6S. The molecule has 3 amide bonds. The summed E-state index contributed by atoms with van der Waals surface area (Å²) in [5.74, 6) is -3.81. The molecule has 11 heteroatoms. The third-order valence-corrected chi connectivity index (χ3v) is 5.28. The number of hydrogen-bond acceptors (Lipinski definition) is 7. The molecule has 0 bridgehead atoms. The van der Waals surface area contributed by atoms with Crippen molar-refractivity contribution < 1.29 is 29.4 Å². The molecule has 0 fully saturated rings. The molecule has 0 aromatic heterocycles. The van der Waals surface area contributed by atoms with Gasteiger partial charge >= 0.3 is 5.97 Å². The van der Waals surface area contributed by atoms with Crippen LogP contribution in [0.4, 0.5) is 0 Å². The van der Waals surface area contributed by atoms with Gasteiger partial charge in [0.15, 0.2) is 0 Å². The number of carbonyl (C=O) groups excluding carboxylic acids is 3. The highest BCUT2D eigenvalue weighted by Crippen LogP contribution is 2.12. The number of nitrogens with two attached hydrogens (primary N) is 1. The van der Waals surface area contributed by atoms with Crippen LogP contribution in [0.5, 0.6) is 0 Å². The Labute approximate surface area is 176 Å². The molecule has 0 spiro atoms. The second kappa shape index (κ2) is 13.4. The number of nitrogens with one attached hydrogen (secondary N) is 3. The SMILES string of the molecule is CCC(C)C(NC(=O)C(N)CO)C(=O)NC(C(=O)NC(CS)C(=O)O)C(C)CC. The minimum absolute atomic E-state index is 0.104. The molecule has 29 heavy (non-hydrogen) atoms. The van der Waals surface area contributed by atoms with Crippen molar-refractivity contribution in [1.29, 1.82) is 0 Å². The molecule has 10 nitrogen and oxygen atoms in total. The fourth-order valence-electron chi connectivity index (χ4n) is 2.44. The van der Waals surface area contributed by atoms with E-state index in [4.69, 9.17) is 15.9 Å². The monoisotopic (exact) mass is 434 g/mol. The summed E-state index contributed by atoms with van der Waals surface area (Å²) in [6.07, 6.45) is 1.11. The second-order valence-corrected chi connectivity index (χ2v) is 7.48. The van der Waals surface area contributed by atoms with Gasteiger partial charge in [0.2, 0.25) is 17.7 Å². The van der Waals surface area contributed by atoms with Crippen molar-refractivity contribution in [1.82, 2.24) is 16.0 Å². The summed E-state index contributed by atoms with van der Waals surface area (Å²) in [7, 11) is 0. The number of aliphatic carboxylic acids is 1. The van der Waals surface area contributed by atoms with E-state index in [1.165, 1.54) is 0 Å². The van der Waals surface area contributed by atoms with Crippen LogP contribution in [0.25, 0.3) is 0 Å². The first-order chi connectivity index (χ1) is 13.5. The topological polar surface area (TPSA) is 171 Å². The van der Waals surface area contributed by atoms with Gasteiger partial charge in [0.1, 0.15) is 24.2 Å². The van der Waals surface area contributed by atoms with Gasteiger partial charge in [-0.25, -0.2) is 4.79 Å². The van der Waals surface area contributed by atoms with Crippen LogP contribution in [-0.2, 0) is 19.2 Å². The number of carboxylic acids is 1. The van der Waals surface area contributed by atoms with Crippen molar-refractivity contribution in [2.45, 2.75) is 64.7 Å². The zero-order chi connectivity index (χ0) is 22.7. The standard InChI is InChI=1S/C18H34N4O6S/c1-5-9(3)13(16(25)20-12(8-29)18(27)28)22-17(26)14(10(4)6-2)21-15(24)11(19)7-23/h9-14,23,29H,5-8,19H2,1-4H3,(H,20,25)(H,21,24)(H,22,26)(H,27,28). The third kappa shape index (κ3) is 8.58. The fraction of sp³-hybridized carbons (Fsp3) is 0.778. The summed E-state index contributed by atoms with van der Waals surface area (Å²) in [4.78, 5) is 48.7. The second-order valence-electron chi connectivity index (χ2n) is 7.11. The van der Waals surface area contributed by atoms with Crippen LogP contribution in [0.15, 0.2) is 0 Å². The lowest BCUT2D eigenvalue weighted by Gasteiger charge is -2.29. The van der Waals surface area contributed by atoms with Crippen molar-refractivity contribution >= 4 is 36.3 Å². The number of carboxylic acid groups (broad SMARTS) is 1. The summed E-state index contributed by atoms with van der Waals surface area (Å²) >= 11 is 3.92. The Morgan fingerprint density at radius 1 is 0.897 bits per heavy atom. The molecule has 0 heterocycles. The number of carbonyl (C=O) groups is 4. The quantitative estimate of drug-likeness (QED) is 0.180. The zero-order valence-electron chi connectivity index (χ0n) is 17.3.